The summed E-state index contributed by atoms with van der Waals surface area (Å²) in [5.41, 5.74) is 1.92. The molecule has 0 aliphatic carbocycles. The monoisotopic (exact) mass is 270 g/mol. The Labute approximate surface area is 113 Å². The number of rotatable bonds is 3. The summed E-state index contributed by atoms with van der Waals surface area (Å²) in [6, 6.07) is 9.40. The molecule has 5 heteroatoms. The number of aromatic carboxylic acids is 1. The molecule has 1 N–H and O–H groups in total. The summed E-state index contributed by atoms with van der Waals surface area (Å²) < 4.78 is 1.11. The number of hydrogen-bond donors (Lipinski definition) is 1. The minimum absolute atomic E-state index is 0.286. The minimum Gasteiger partial charge on any atom is -0.478 e. The van der Waals surface area contributed by atoms with Gasteiger partial charge in [0.25, 0.3) is 0 Å². The first kappa shape index (κ1) is 11.8. The summed E-state index contributed by atoms with van der Waals surface area (Å²) in [5.74, 6) is -0.932. The number of fused-ring (bicyclic) bond motifs is 1. The molecule has 3 aromatic rings. The predicted octanol–water partition coefficient (Wildman–Crippen LogP) is 2.98. The number of para-hydroxylation sites is 1. The van der Waals surface area contributed by atoms with E-state index in [9.17, 15) is 4.79 Å². The van der Waals surface area contributed by atoms with Crippen LogP contribution in [0.2, 0.25) is 0 Å². The van der Waals surface area contributed by atoms with Crippen molar-refractivity contribution in [3.05, 3.63) is 58.9 Å². The molecule has 19 heavy (non-hydrogen) atoms. The molecule has 0 atom stereocenters. The van der Waals surface area contributed by atoms with E-state index in [1.807, 2.05) is 24.3 Å². The molecule has 0 saturated heterocycles. The second-order valence-corrected chi connectivity index (χ2v) is 5.21. The first-order valence-electron chi connectivity index (χ1n) is 5.74. The molecule has 3 rings (SSSR count). The van der Waals surface area contributed by atoms with Gasteiger partial charge < -0.3 is 5.11 Å². The third kappa shape index (κ3) is 2.32. The lowest BCUT2D eigenvalue weighted by Crippen LogP contribution is -2.03. The Morgan fingerprint density at radius 3 is 2.89 bits per heavy atom. The molecule has 0 aliphatic rings. The first-order chi connectivity index (χ1) is 9.24. The van der Waals surface area contributed by atoms with Crippen molar-refractivity contribution < 1.29 is 9.90 Å². The van der Waals surface area contributed by atoms with Crippen LogP contribution < -0.4 is 0 Å². The molecule has 94 valence electrons. The quantitative estimate of drug-likeness (QED) is 0.794. The third-order valence-corrected chi connectivity index (χ3v) is 3.85. The molecule has 1 aromatic carbocycles. The van der Waals surface area contributed by atoms with E-state index in [1.54, 1.807) is 17.5 Å². The van der Waals surface area contributed by atoms with Crippen LogP contribution in [-0.2, 0) is 6.42 Å². The van der Waals surface area contributed by atoms with Gasteiger partial charge in [0.2, 0.25) is 0 Å². The van der Waals surface area contributed by atoms with Gasteiger partial charge in [-0.1, -0.05) is 12.1 Å². The zero-order chi connectivity index (χ0) is 13.2. The Morgan fingerprint density at radius 1 is 1.26 bits per heavy atom. The van der Waals surface area contributed by atoms with Crippen molar-refractivity contribution in [3.63, 3.8) is 0 Å². The lowest BCUT2D eigenvalue weighted by Gasteiger charge is -2.02. The van der Waals surface area contributed by atoms with Gasteiger partial charge in [-0.15, -0.1) is 11.3 Å². The van der Waals surface area contributed by atoms with Crippen molar-refractivity contribution in [2.75, 3.05) is 0 Å². The largest absolute Gasteiger partial charge is 0.478 e. The molecule has 0 bridgehead atoms. The van der Waals surface area contributed by atoms with Crippen molar-refractivity contribution in [1.82, 2.24) is 9.97 Å². The standard InChI is InChI=1S/C14H10N2O2S/c17-14(18)10-5-6-15-8-9(10)7-13-16-11-3-1-2-4-12(11)19-13/h1-6,8H,7H2,(H,17,18). The number of benzene rings is 1. The van der Waals surface area contributed by atoms with E-state index in [1.165, 1.54) is 12.3 Å². The fourth-order valence-electron chi connectivity index (χ4n) is 1.94. The highest BCUT2D eigenvalue weighted by molar-refractivity contribution is 7.18. The maximum atomic E-state index is 11.1. The van der Waals surface area contributed by atoms with E-state index < -0.39 is 5.97 Å². The molecule has 2 heterocycles. The van der Waals surface area contributed by atoms with E-state index in [2.05, 4.69) is 9.97 Å². The van der Waals surface area contributed by atoms with Gasteiger partial charge in [-0.25, -0.2) is 9.78 Å². The van der Waals surface area contributed by atoms with Crippen LogP contribution in [-0.4, -0.2) is 21.0 Å². The zero-order valence-electron chi connectivity index (χ0n) is 9.91. The molecule has 0 fully saturated rings. The average molecular weight is 270 g/mol. The number of thiazole rings is 1. The van der Waals surface area contributed by atoms with Crippen molar-refractivity contribution in [2.45, 2.75) is 6.42 Å². The van der Waals surface area contributed by atoms with Crippen molar-refractivity contribution >= 4 is 27.5 Å². The molecule has 4 nitrogen and oxygen atoms in total. The number of carboxylic acid groups (broad SMARTS) is 1. The van der Waals surface area contributed by atoms with Crippen LogP contribution in [0.4, 0.5) is 0 Å². The lowest BCUT2D eigenvalue weighted by atomic mass is 10.1. The summed E-state index contributed by atoms with van der Waals surface area (Å²) in [7, 11) is 0. The Balaban J connectivity index is 1.99. The number of pyridine rings is 1. The normalized spacial score (nSPS) is 10.7. The molecule has 0 spiro atoms. The SMILES string of the molecule is O=C(O)c1ccncc1Cc1nc2ccccc2s1. The van der Waals surface area contributed by atoms with Gasteiger partial charge in [0, 0.05) is 18.8 Å². The average Bonchev–Trinajstić information content (AvgIpc) is 2.81. The smallest absolute Gasteiger partial charge is 0.336 e. The van der Waals surface area contributed by atoms with Gasteiger partial charge in [-0.05, 0) is 23.8 Å². The van der Waals surface area contributed by atoms with Crippen LogP contribution in [0.3, 0.4) is 0 Å². The Kier molecular flexibility index (Phi) is 2.97. The van der Waals surface area contributed by atoms with Crippen LogP contribution in [0.1, 0.15) is 20.9 Å². The highest BCUT2D eigenvalue weighted by atomic mass is 32.1. The van der Waals surface area contributed by atoms with Crippen LogP contribution in [0.25, 0.3) is 10.2 Å². The number of nitrogens with zero attached hydrogens (tertiary/aromatic N) is 2. The van der Waals surface area contributed by atoms with E-state index in [4.69, 9.17) is 5.11 Å². The summed E-state index contributed by atoms with van der Waals surface area (Å²) in [6.45, 7) is 0. The Hall–Kier alpha value is -2.27. The second kappa shape index (κ2) is 4.78. The van der Waals surface area contributed by atoms with Crippen LogP contribution in [0, 0.1) is 0 Å². The highest BCUT2D eigenvalue weighted by Crippen LogP contribution is 2.24. The van der Waals surface area contributed by atoms with Gasteiger partial charge in [0.15, 0.2) is 0 Å². The van der Waals surface area contributed by atoms with Crippen LogP contribution in [0.5, 0.6) is 0 Å². The fraction of sp³-hybridized carbons (Fsp3) is 0.0714. The Morgan fingerprint density at radius 2 is 2.11 bits per heavy atom. The highest BCUT2D eigenvalue weighted by Gasteiger charge is 2.12. The zero-order valence-corrected chi connectivity index (χ0v) is 10.7. The molecule has 0 radical (unpaired) electrons. The van der Waals surface area contributed by atoms with Crippen LogP contribution >= 0.6 is 11.3 Å². The minimum atomic E-state index is -0.932. The summed E-state index contributed by atoms with van der Waals surface area (Å²) >= 11 is 1.58. The third-order valence-electron chi connectivity index (χ3n) is 2.81. The van der Waals surface area contributed by atoms with Gasteiger partial charge in [-0.3, -0.25) is 4.98 Å². The molecule has 0 amide bonds. The van der Waals surface area contributed by atoms with Crippen molar-refractivity contribution in [3.8, 4) is 0 Å². The Bertz CT molecular complexity index is 719. The second-order valence-electron chi connectivity index (χ2n) is 4.09. The maximum absolute atomic E-state index is 11.1. The number of carbonyl (C=O) groups is 1. The molecule has 0 aliphatic heterocycles. The molecular formula is C14H10N2O2S. The van der Waals surface area contributed by atoms with Gasteiger partial charge in [-0.2, -0.15) is 0 Å². The van der Waals surface area contributed by atoms with Crippen molar-refractivity contribution in [2.24, 2.45) is 0 Å². The molecule has 0 unspecified atom stereocenters. The number of carboxylic acids is 1. The number of hydrogen-bond acceptors (Lipinski definition) is 4. The topological polar surface area (TPSA) is 63.1 Å². The van der Waals surface area contributed by atoms with E-state index in [-0.39, 0.29) is 5.56 Å². The van der Waals surface area contributed by atoms with Crippen LogP contribution in [0.15, 0.2) is 42.7 Å². The van der Waals surface area contributed by atoms with Crippen molar-refractivity contribution in [1.29, 1.82) is 0 Å². The first-order valence-corrected chi connectivity index (χ1v) is 6.56. The van der Waals surface area contributed by atoms with E-state index in [0.717, 1.165) is 15.2 Å². The van der Waals surface area contributed by atoms with Gasteiger partial charge in [0.05, 0.1) is 20.8 Å². The number of aromatic nitrogens is 2. The maximum Gasteiger partial charge on any atom is 0.336 e. The summed E-state index contributed by atoms with van der Waals surface area (Å²) in [6.07, 6.45) is 3.58. The summed E-state index contributed by atoms with van der Waals surface area (Å²) in [5, 5.41) is 10.0. The van der Waals surface area contributed by atoms with Gasteiger partial charge >= 0.3 is 5.97 Å². The van der Waals surface area contributed by atoms with E-state index >= 15 is 0 Å². The fourth-order valence-corrected chi connectivity index (χ4v) is 2.93. The molecule has 2 aromatic heterocycles. The predicted molar refractivity (Wildman–Crippen MR) is 73.6 cm³/mol. The lowest BCUT2D eigenvalue weighted by molar-refractivity contribution is 0.0695. The summed E-state index contributed by atoms with van der Waals surface area (Å²) in [4.78, 5) is 19.6. The van der Waals surface area contributed by atoms with Gasteiger partial charge in [0.1, 0.15) is 0 Å². The molecular weight excluding hydrogens is 260 g/mol. The van der Waals surface area contributed by atoms with E-state index in [0.29, 0.717) is 12.0 Å². The molecule has 0 saturated carbocycles.